The Morgan fingerprint density at radius 1 is 0.429 bits per heavy atom. The molecule has 2 nitrogen and oxygen atoms in total. The van der Waals surface area contributed by atoms with Gasteiger partial charge in [-0.3, -0.25) is 0 Å². The van der Waals surface area contributed by atoms with Crippen LogP contribution in [0.15, 0.2) is 180 Å². The van der Waals surface area contributed by atoms with Gasteiger partial charge in [0.1, 0.15) is 11.2 Å². The van der Waals surface area contributed by atoms with Crippen LogP contribution in [0.1, 0.15) is 0 Å². The quantitative estimate of drug-likeness (QED) is 0.186. The van der Waals surface area contributed by atoms with E-state index in [2.05, 4.69) is 181 Å². The topological polar surface area (TPSA) is 16.4 Å². The van der Waals surface area contributed by atoms with E-state index in [1.54, 1.807) is 0 Å². The molecular formula is C46H29NOS. The van der Waals surface area contributed by atoms with Gasteiger partial charge in [0, 0.05) is 32.1 Å². The van der Waals surface area contributed by atoms with Crippen LogP contribution in [0.2, 0.25) is 0 Å². The third-order valence-electron chi connectivity index (χ3n) is 9.67. The van der Waals surface area contributed by atoms with E-state index < -0.39 is 0 Å². The van der Waals surface area contributed by atoms with Crippen LogP contribution in [-0.2, 0) is 0 Å². The SMILES string of the molecule is c1ccc(-c2ccc(N(c3cccc4c3sc3ccccc34)c3ccc(-c4ccccc4)c4oc5ccc6ccccc6c5c34)cc2)cc1. The average molecular weight is 644 g/mol. The van der Waals surface area contributed by atoms with Crippen molar-refractivity contribution in [3.63, 3.8) is 0 Å². The Bertz CT molecular complexity index is 2810. The van der Waals surface area contributed by atoms with Crippen LogP contribution in [0.25, 0.3) is 75.1 Å². The number of fused-ring (bicyclic) bond motifs is 8. The van der Waals surface area contributed by atoms with E-state index in [-0.39, 0.29) is 0 Å². The van der Waals surface area contributed by atoms with E-state index in [9.17, 15) is 0 Å². The normalized spacial score (nSPS) is 11.7. The third kappa shape index (κ3) is 4.47. The van der Waals surface area contributed by atoms with Crippen molar-refractivity contribution in [2.45, 2.75) is 0 Å². The molecule has 10 rings (SSSR count). The average Bonchev–Trinajstić information content (AvgIpc) is 3.76. The van der Waals surface area contributed by atoms with E-state index in [0.29, 0.717) is 0 Å². The number of nitrogens with zero attached hydrogens (tertiary/aromatic N) is 1. The Labute approximate surface area is 287 Å². The minimum Gasteiger partial charge on any atom is -0.455 e. The Balaban J connectivity index is 1.32. The summed E-state index contributed by atoms with van der Waals surface area (Å²) < 4.78 is 9.44. The van der Waals surface area contributed by atoms with Crippen LogP contribution in [0.3, 0.4) is 0 Å². The first-order chi connectivity index (χ1) is 24.3. The molecule has 0 aliphatic rings. The van der Waals surface area contributed by atoms with E-state index in [4.69, 9.17) is 4.42 Å². The number of thiophene rings is 1. The molecule has 8 aromatic carbocycles. The van der Waals surface area contributed by atoms with Crippen molar-refractivity contribution in [1.82, 2.24) is 0 Å². The molecule has 2 aromatic heterocycles. The zero-order valence-corrected chi connectivity index (χ0v) is 27.3. The van der Waals surface area contributed by atoms with Gasteiger partial charge < -0.3 is 9.32 Å². The number of rotatable bonds is 5. The molecule has 0 atom stereocenters. The summed E-state index contributed by atoms with van der Waals surface area (Å²) in [6.45, 7) is 0. The van der Waals surface area contributed by atoms with Crippen LogP contribution in [0.5, 0.6) is 0 Å². The molecule has 0 saturated heterocycles. The van der Waals surface area contributed by atoms with Crippen molar-refractivity contribution >= 4 is 81.3 Å². The van der Waals surface area contributed by atoms with Crippen molar-refractivity contribution in [2.75, 3.05) is 4.90 Å². The van der Waals surface area contributed by atoms with Gasteiger partial charge in [0.15, 0.2) is 0 Å². The van der Waals surface area contributed by atoms with E-state index in [0.717, 1.165) is 50.1 Å². The Kier molecular flexibility index (Phi) is 6.39. The summed E-state index contributed by atoms with van der Waals surface area (Å²) in [4.78, 5) is 2.44. The first-order valence-corrected chi connectivity index (χ1v) is 17.4. The summed E-state index contributed by atoms with van der Waals surface area (Å²) in [5.41, 5.74) is 9.71. The number of hydrogen-bond donors (Lipinski definition) is 0. The van der Waals surface area contributed by atoms with E-state index >= 15 is 0 Å². The lowest BCUT2D eigenvalue weighted by molar-refractivity contribution is 0.670. The zero-order valence-electron chi connectivity index (χ0n) is 26.5. The molecule has 0 aliphatic heterocycles. The van der Waals surface area contributed by atoms with Gasteiger partial charge in [0.2, 0.25) is 0 Å². The fourth-order valence-electron chi connectivity index (χ4n) is 7.41. The maximum absolute atomic E-state index is 6.90. The van der Waals surface area contributed by atoms with Gasteiger partial charge in [-0.25, -0.2) is 0 Å². The predicted octanol–water partition coefficient (Wildman–Crippen LogP) is 13.9. The minimum absolute atomic E-state index is 0.887. The lowest BCUT2D eigenvalue weighted by Gasteiger charge is -2.27. The zero-order chi connectivity index (χ0) is 32.3. The highest BCUT2D eigenvalue weighted by Gasteiger charge is 2.25. The summed E-state index contributed by atoms with van der Waals surface area (Å²) in [7, 11) is 0. The third-order valence-corrected chi connectivity index (χ3v) is 10.9. The lowest BCUT2D eigenvalue weighted by Crippen LogP contribution is -2.10. The highest BCUT2D eigenvalue weighted by molar-refractivity contribution is 7.26. The monoisotopic (exact) mass is 643 g/mol. The van der Waals surface area contributed by atoms with Crippen LogP contribution in [0.4, 0.5) is 17.1 Å². The van der Waals surface area contributed by atoms with Crippen LogP contribution < -0.4 is 4.90 Å². The molecule has 3 heteroatoms. The smallest absolute Gasteiger partial charge is 0.145 e. The molecule has 0 amide bonds. The fourth-order valence-corrected chi connectivity index (χ4v) is 8.61. The number of benzene rings is 8. The molecule has 0 bridgehead atoms. The molecule has 0 spiro atoms. The summed E-state index contributed by atoms with van der Waals surface area (Å²) in [6.07, 6.45) is 0. The van der Waals surface area contributed by atoms with Gasteiger partial charge in [0.25, 0.3) is 0 Å². The number of anilines is 3. The molecule has 230 valence electrons. The summed E-state index contributed by atoms with van der Waals surface area (Å²) in [6, 6.07) is 63.0. The Morgan fingerprint density at radius 3 is 1.92 bits per heavy atom. The van der Waals surface area contributed by atoms with Gasteiger partial charge in [0.05, 0.1) is 21.5 Å². The lowest BCUT2D eigenvalue weighted by atomic mass is 9.97. The molecule has 0 radical (unpaired) electrons. The molecule has 0 saturated carbocycles. The number of hydrogen-bond acceptors (Lipinski definition) is 3. The molecule has 0 aliphatic carbocycles. The molecule has 0 unspecified atom stereocenters. The summed E-state index contributed by atoms with van der Waals surface area (Å²) in [5, 5.41) is 7.18. The van der Waals surface area contributed by atoms with Crippen molar-refractivity contribution < 1.29 is 4.42 Å². The molecule has 0 fully saturated rings. The molecular weight excluding hydrogens is 615 g/mol. The highest BCUT2D eigenvalue weighted by atomic mass is 32.1. The van der Waals surface area contributed by atoms with Crippen molar-refractivity contribution in [3.05, 3.63) is 176 Å². The maximum atomic E-state index is 6.90. The van der Waals surface area contributed by atoms with Crippen molar-refractivity contribution in [3.8, 4) is 22.3 Å². The molecule has 10 aromatic rings. The Hall–Kier alpha value is -6.16. The second kappa shape index (κ2) is 11.2. The maximum Gasteiger partial charge on any atom is 0.145 e. The van der Waals surface area contributed by atoms with E-state index in [1.807, 2.05) is 11.3 Å². The van der Waals surface area contributed by atoms with Gasteiger partial charge in [-0.05, 0) is 69.9 Å². The minimum atomic E-state index is 0.887. The van der Waals surface area contributed by atoms with Gasteiger partial charge >= 0.3 is 0 Å². The molecule has 0 N–H and O–H groups in total. The highest BCUT2D eigenvalue weighted by Crippen LogP contribution is 2.50. The molecule has 49 heavy (non-hydrogen) atoms. The summed E-state index contributed by atoms with van der Waals surface area (Å²) >= 11 is 1.85. The van der Waals surface area contributed by atoms with Crippen molar-refractivity contribution in [1.29, 1.82) is 0 Å². The number of furan rings is 1. The van der Waals surface area contributed by atoms with E-state index in [1.165, 1.54) is 42.1 Å². The first-order valence-electron chi connectivity index (χ1n) is 16.6. The van der Waals surface area contributed by atoms with Crippen LogP contribution in [-0.4, -0.2) is 0 Å². The standard InChI is InChI=1S/C46H29NOS/c1-3-12-30(13-4-1)31-22-25-34(26-23-31)47(40-20-11-19-38-37-18-9-10-21-42(37)49-46(38)40)39-28-27-36(32-14-5-2-6-15-32)45-44(39)43-35-17-8-7-16-33(35)24-29-41(43)48-45/h1-29H. The second-order valence-electron chi connectivity index (χ2n) is 12.5. The van der Waals surface area contributed by atoms with Gasteiger partial charge in [-0.2, -0.15) is 0 Å². The first kappa shape index (κ1) is 27.9. The fraction of sp³-hybridized carbons (Fsp3) is 0. The largest absolute Gasteiger partial charge is 0.455 e. The second-order valence-corrected chi connectivity index (χ2v) is 13.5. The predicted molar refractivity (Wildman–Crippen MR) is 210 cm³/mol. The Morgan fingerprint density at radius 2 is 1.10 bits per heavy atom. The molecule has 2 heterocycles. The van der Waals surface area contributed by atoms with Gasteiger partial charge in [-0.1, -0.05) is 133 Å². The summed E-state index contributed by atoms with van der Waals surface area (Å²) in [5.74, 6) is 0. The van der Waals surface area contributed by atoms with Crippen LogP contribution in [0, 0.1) is 0 Å². The van der Waals surface area contributed by atoms with Gasteiger partial charge in [-0.15, -0.1) is 11.3 Å². The van der Waals surface area contributed by atoms with Crippen molar-refractivity contribution in [2.24, 2.45) is 0 Å². The van der Waals surface area contributed by atoms with Crippen LogP contribution >= 0.6 is 11.3 Å².